The lowest BCUT2D eigenvalue weighted by Crippen LogP contribution is -2.86. The standard InChI is InChI=1S/C21H25N3O3/c1-4-27-19-12-8-7-11-18(19)24-20(15(2)22-13-14-26-3)23-17-10-6-5-9-16(17)21(24)25/h5-12,15,22H,4,13-14H2,1-3H3/p+1/t15-/m0/s1. The molecule has 0 aliphatic rings. The van der Waals surface area contributed by atoms with Gasteiger partial charge < -0.3 is 14.8 Å². The molecule has 0 radical (unpaired) electrons. The van der Waals surface area contributed by atoms with Crippen molar-refractivity contribution in [3.63, 3.8) is 0 Å². The molecule has 2 N–H and O–H groups in total. The minimum absolute atomic E-state index is 0.0212. The molecule has 0 spiro atoms. The Kier molecular flexibility index (Phi) is 6.21. The minimum Gasteiger partial charge on any atom is -0.492 e. The first-order valence-electron chi connectivity index (χ1n) is 9.23. The highest BCUT2D eigenvalue weighted by molar-refractivity contribution is 5.78. The average molecular weight is 368 g/mol. The normalized spacial score (nSPS) is 12.3. The highest BCUT2D eigenvalue weighted by Crippen LogP contribution is 2.24. The molecule has 0 saturated heterocycles. The predicted octanol–water partition coefficient (Wildman–Crippen LogP) is 2.06. The Morgan fingerprint density at radius 2 is 1.89 bits per heavy atom. The lowest BCUT2D eigenvalue weighted by Gasteiger charge is -2.19. The number of rotatable bonds is 8. The monoisotopic (exact) mass is 368 g/mol. The van der Waals surface area contributed by atoms with Crippen LogP contribution in [0.5, 0.6) is 5.75 Å². The lowest BCUT2D eigenvalue weighted by molar-refractivity contribution is -0.695. The smallest absolute Gasteiger partial charge is 0.266 e. The first kappa shape index (κ1) is 19.1. The van der Waals surface area contributed by atoms with Crippen molar-refractivity contribution in [3.8, 4) is 11.4 Å². The molecule has 3 rings (SSSR count). The largest absolute Gasteiger partial charge is 0.492 e. The maximum absolute atomic E-state index is 13.4. The minimum atomic E-state index is -0.0882. The van der Waals surface area contributed by atoms with Gasteiger partial charge in [-0.25, -0.2) is 4.98 Å². The fourth-order valence-electron chi connectivity index (χ4n) is 3.15. The molecule has 0 bridgehead atoms. The van der Waals surface area contributed by atoms with Gasteiger partial charge in [0.1, 0.15) is 11.8 Å². The van der Waals surface area contributed by atoms with E-state index in [-0.39, 0.29) is 11.6 Å². The van der Waals surface area contributed by atoms with Gasteiger partial charge in [0.15, 0.2) is 5.82 Å². The third-order valence-electron chi connectivity index (χ3n) is 4.46. The van der Waals surface area contributed by atoms with E-state index in [1.54, 1.807) is 11.7 Å². The van der Waals surface area contributed by atoms with Gasteiger partial charge in [0, 0.05) is 7.11 Å². The van der Waals surface area contributed by atoms with Gasteiger partial charge in [-0.1, -0.05) is 24.3 Å². The quantitative estimate of drug-likeness (QED) is 0.618. The molecule has 0 aliphatic heterocycles. The SMILES string of the molecule is CCOc1ccccc1-n1c([C@H](C)[NH2+]CCOC)nc2ccccc2c1=O. The van der Waals surface area contributed by atoms with Gasteiger partial charge in [-0.15, -0.1) is 0 Å². The van der Waals surface area contributed by atoms with Gasteiger partial charge >= 0.3 is 0 Å². The van der Waals surface area contributed by atoms with Crippen LogP contribution >= 0.6 is 0 Å². The summed E-state index contributed by atoms with van der Waals surface area (Å²) in [5, 5.41) is 2.72. The molecule has 0 saturated carbocycles. The zero-order valence-electron chi connectivity index (χ0n) is 16.0. The summed E-state index contributed by atoms with van der Waals surface area (Å²) in [5.74, 6) is 1.37. The van der Waals surface area contributed by atoms with Crippen LogP contribution < -0.4 is 15.6 Å². The highest BCUT2D eigenvalue weighted by atomic mass is 16.5. The van der Waals surface area contributed by atoms with Crippen molar-refractivity contribution in [2.45, 2.75) is 19.9 Å². The van der Waals surface area contributed by atoms with E-state index in [2.05, 4.69) is 5.32 Å². The molecule has 0 fully saturated rings. The van der Waals surface area contributed by atoms with Crippen molar-refractivity contribution >= 4 is 10.9 Å². The van der Waals surface area contributed by atoms with Crippen molar-refractivity contribution in [2.75, 3.05) is 26.9 Å². The van der Waals surface area contributed by atoms with Crippen molar-refractivity contribution < 1.29 is 14.8 Å². The Labute approximate surface area is 158 Å². The maximum atomic E-state index is 13.4. The van der Waals surface area contributed by atoms with E-state index in [0.29, 0.717) is 41.4 Å². The first-order chi connectivity index (χ1) is 13.2. The second-order valence-corrected chi connectivity index (χ2v) is 6.33. The Balaban J connectivity index is 2.21. The Bertz CT molecular complexity index is 968. The average Bonchev–Trinajstić information content (AvgIpc) is 2.69. The summed E-state index contributed by atoms with van der Waals surface area (Å²) in [7, 11) is 1.68. The number of methoxy groups -OCH3 is 1. The Morgan fingerprint density at radius 1 is 1.15 bits per heavy atom. The van der Waals surface area contributed by atoms with Crippen molar-refractivity contribution in [1.82, 2.24) is 9.55 Å². The molecule has 1 heterocycles. The second kappa shape index (κ2) is 8.79. The van der Waals surface area contributed by atoms with Crippen molar-refractivity contribution in [2.24, 2.45) is 0 Å². The van der Waals surface area contributed by atoms with E-state index >= 15 is 0 Å². The molecule has 0 amide bonds. The van der Waals surface area contributed by atoms with Crippen LogP contribution in [0, 0.1) is 0 Å². The van der Waals surface area contributed by atoms with E-state index in [1.807, 2.05) is 62.4 Å². The van der Waals surface area contributed by atoms with Gasteiger partial charge in [-0.2, -0.15) is 0 Å². The van der Waals surface area contributed by atoms with Crippen LogP contribution in [-0.2, 0) is 4.74 Å². The number of hydrogen-bond acceptors (Lipinski definition) is 4. The summed E-state index contributed by atoms with van der Waals surface area (Å²) in [6, 6.07) is 15.0. The van der Waals surface area contributed by atoms with Crippen molar-refractivity contribution in [3.05, 3.63) is 64.7 Å². The number of quaternary nitrogens is 1. The molecular formula is C21H26N3O3+. The number of para-hydroxylation sites is 3. The highest BCUT2D eigenvalue weighted by Gasteiger charge is 2.21. The molecule has 0 aliphatic carbocycles. The second-order valence-electron chi connectivity index (χ2n) is 6.33. The van der Waals surface area contributed by atoms with E-state index in [9.17, 15) is 4.79 Å². The topological polar surface area (TPSA) is 70.0 Å². The lowest BCUT2D eigenvalue weighted by atomic mass is 10.2. The zero-order chi connectivity index (χ0) is 19.2. The summed E-state index contributed by atoms with van der Waals surface area (Å²) < 4.78 is 12.6. The van der Waals surface area contributed by atoms with Crippen LogP contribution in [0.3, 0.4) is 0 Å². The maximum Gasteiger partial charge on any atom is 0.266 e. The van der Waals surface area contributed by atoms with Crippen LogP contribution in [0.2, 0.25) is 0 Å². The van der Waals surface area contributed by atoms with Crippen LogP contribution in [-0.4, -0.2) is 36.4 Å². The summed E-state index contributed by atoms with van der Waals surface area (Å²) in [4.78, 5) is 18.2. The van der Waals surface area contributed by atoms with Gasteiger partial charge in [0.05, 0.1) is 36.3 Å². The number of hydrogen-bond donors (Lipinski definition) is 1. The zero-order valence-corrected chi connectivity index (χ0v) is 16.0. The fraction of sp³-hybridized carbons (Fsp3) is 0.333. The predicted molar refractivity (Wildman–Crippen MR) is 106 cm³/mol. The number of ether oxygens (including phenoxy) is 2. The fourth-order valence-corrected chi connectivity index (χ4v) is 3.15. The molecule has 2 aromatic carbocycles. The molecule has 142 valence electrons. The van der Waals surface area contributed by atoms with Crippen LogP contribution in [0.4, 0.5) is 0 Å². The molecule has 0 unspecified atom stereocenters. The van der Waals surface area contributed by atoms with Crippen LogP contribution in [0.25, 0.3) is 16.6 Å². The Morgan fingerprint density at radius 3 is 2.67 bits per heavy atom. The first-order valence-corrected chi connectivity index (χ1v) is 9.23. The van der Waals surface area contributed by atoms with Crippen molar-refractivity contribution in [1.29, 1.82) is 0 Å². The van der Waals surface area contributed by atoms with Gasteiger partial charge in [0.2, 0.25) is 0 Å². The third-order valence-corrected chi connectivity index (χ3v) is 4.46. The molecule has 1 atom stereocenters. The van der Waals surface area contributed by atoms with Gasteiger partial charge in [-0.3, -0.25) is 9.36 Å². The number of nitrogens with two attached hydrogens (primary N) is 1. The molecular weight excluding hydrogens is 342 g/mol. The van der Waals surface area contributed by atoms with E-state index in [1.165, 1.54) is 0 Å². The third kappa shape index (κ3) is 4.02. The number of nitrogens with zero attached hydrogens (tertiary/aromatic N) is 2. The van der Waals surface area contributed by atoms with Crippen LogP contribution in [0.1, 0.15) is 25.7 Å². The van der Waals surface area contributed by atoms with E-state index in [0.717, 1.165) is 6.54 Å². The molecule has 6 heteroatoms. The van der Waals surface area contributed by atoms with Gasteiger partial charge in [0.25, 0.3) is 5.56 Å². The number of benzene rings is 2. The van der Waals surface area contributed by atoms with Gasteiger partial charge in [-0.05, 0) is 38.1 Å². The summed E-state index contributed by atoms with van der Waals surface area (Å²) >= 11 is 0. The summed E-state index contributed by atoms with van der Waals surface area (Å²) in [6.07, 6.45) is 0. The Hall–Kier alpha value is -2.70. The molecule has 1 aromatic heterocycles. The summed E-state index contributed by atoms with van der Waals surface area (Å²) in [5.41, 5.74) is 1.33. The van der Waals surface area contributed by atoms with E-state index in [4.69, 9.17) is 14.5 Å². The molecule has 27 heavy (non-hydrogen) atoms. The summed E-state index contributed by atoms with van der Waals surface area (Å²) in [6.45, 7) is 5.93. The van der Waals surface area contributed by atoms with Crippen LogP contribution in [0.15, 0.2) is 53.3 Å². The molecule has 6 nitrogen and oxygen atoms in total. The molecule has 3 aromatic rings. The number of aromatic nitrogens is 2. The number of fused-ring (bicyclic) bond motifs is 1. The van der Waals surface area contributed by atoms with E-state index < -0.39 is 0 Å².